The Labute approximate surface area is 100 Å². The fourth-order valence-electron chi connectivity index (χ4n) is 3.16. The molecule has 0 spiro atoms. The Morgan fingerprint density at radius 3 is 2.88 bits per heavy atom. The van der Waals surface area contributed by atoms with Crippen molar-refractivity contribution in [3.05, 3.63) is 0 Å². The van der Waals surface area contributed by atoms with Crippen LogP contribution in [0.5, 0.6) is 0 Å². The van der Waals surface area contributed by atoms with Crippen molar-refractivity contribution in [2.75, 3.05) is 32.8 Å². The van der Waals surface area contributed by atoms with Gasteiger partial charge in [-0.25, -0.2) is 0 Å². The van der Waals surface area contributed by atoms with E-state index >= 15 is 0 Å². The maximum absolute atomic E-state index is 5.44. The molecule has 0 aromatic heterocycles. The molecule has 3 atom stereocenters. The molecule has 0 amide bonds. The molecular formula is C14H27NO. The molecule has 0 aromatic carbocycles. The predicted molar refractivity (Wildman–Crippen MR) is 67.5 cm³/mol. The fourth-order valence-corrected chi connectivity index (χ4v) is 3.16. The molecule has 2 nitrogen and oxygen atoms in total. The van der Waals surface area contributed by atoms with Crippen LogP contribution in [0.2, 0.25) is 0 Å². The molecule has 2 rings (SSSR count). The van der Waals surface area contributed by atoms with Crippen molar-refractivity contribution >= 4 is 0 Å². The Morgan fingerprint density at radius 2 is 2.25 bits per heavy atom. The Bertz CT molecular complexity index is 201. The summed E-state index contributed by atoms with van der Waals surface area (Å²) in [6.07, 6.45) is 5.54. The van der Waals surface area contributed by atoms with Crippen molar-refractivity contribution in [3.63, 3.8) is 0 Å². The van der Waals surface area contributed by atoms with Gasteiger partial charge in [-0.1, -0.05) is 20.3 Å². The number of hydrogen-bond acceptors (Lipinski definition) is 2. The van der Waals surface area contributed by atoms with Gasteiger partial charge in [-0.2, -0.15) is 0 Å². The van der Waals surface area contributed by atoms with Crippen molar-refractivity contribution in [2.24, 2.45) is 17.8 Å². The van der Waals surface area contributed by atoms with Crippen LogP contribution in [0, 0.1) is 17.8 Å². The van der Waals surface area contributed by atoms with E-state index in [1.165, 1.54) is 45.3 Å². The lowest BCUT2D eigenvalue weighted by atomic mass is 9.86. The molecule has 16 heavy (non-hydrogen) atoms. The largest absolute Gasteiger partial charge is 0.381 e. The zero-order valence-electron chi connectivity index (χ0n) is 11.0. The minimum atomic E-state index is 0.867. The first-order valence-electron chi connectivity index (χ1n) is 7.09. The van der Waals surface area contributed by atoms with Gasteiger partial charge < -0.3 is 9.64 Å². The van der Waals surface area contributed by atoms with E-state index in [1.807, 2.05) is 0 Å². The zero-order chi connectivity index (χ0) is 11.4. The summed E-state index contributed by atoms with van der Waals surface area (Å²) in [6, 6.07) is 0. The number of likely N-dealkylation sites (tertiary alicyclic amines) is 1. The van der Waals surface area contributed by atoms with E-state index in [-0.39, 0.29) is 0 Å². The zero-order valence-corrected chi connectivity index (χ0v) is 11.0. The number of ether oxygens (including phenoxy) is 1. The first-order valence-corrected chi connectivity index (χ1v) is 7.09. The Balaban J connectivity index is 1.65. The van der Waals surface area contributed by atoms with Crippen LogP contribution in [-0.2, 0) is 4.74 Å². The van der Waals surface area contributed by atoms with Crippen LogP contribution in [-0.4, -0.2) is 37.7 Å². The van der Waals surface area contributed by atoms with Crippen LogP contribution >= 0.6 is 0 Å². The maximum atomic E-state index is 5.44. The molecule has 0 N–H and O–H groups in total. The molecule has 0 radical (unpaired) electrons. The molecule has 2 heterocycles. The first kappa shape index (κ1) is 12.4. The molecule has 0 bridgehead atoms. The summed E-state index contributed by atoms with van der Waals surface area (Å²) in [5.41, 5.74) is 0. The molecule has 2 aliphatic heterocycles. The summed E-state index contributed by atoms with van der Waals surface area (Å²) >= 11 is 0. The van der Waals surface area contributed by atoms with Gasteiger partial charge in [0.2, 0.25) is 0 Å². The molecular weight excluding hydrogens is 198 g/mol. The van der Waals surface area contributed by atoms with E-state index in [0.29, 0.717) is 0 Å². The highest BCUT2D eigenvalue weighted by Gasteiger charge is 2.26. The lowest BCUT2D eigenvalue weighted by Crippen LogP contribution is -2.22. The fraction of sp³-hybridized carbons (Fsp3) is 1.00. The Morgan fingerprint density at radius 1 is 1.38 bits per heavy atom. The van der Waals surface area contributed by atoms with Crippen LogP contribution in [0.4, 0.5) is 0 Å². The normalized spacial score (nSPS) is 33.4. The molecule has 2 heteroatoms. The summed E-state index contributed by atoms with van der Waals surface area (Å²) in [5, 5.41) is 0. The third-order valence-corrected chi connectivity index (χ3v) is 4.62. The predicted octanol–water partition coefficient (Wildman–Crippen LogP) is 2.78. The molecule has 3 unspecified atom stereocenters. The molecule has 0 aliphatic carbocycles. The van der Waals surface area contributed by atoms with Gasteiger partial charge in [-0.3, -0.25) is 0 Å². The summed E-state index contributed by atoms with van der Waals surface area (Å²) in [6.45, 7) is 10.7. The standard InChI is InChI=1S/C14H27NO/c1-3-15-8-6-14(10-15)12(2)4-5-13-7-9-16-11-13/h12-14H,3-11H2,1-2H3. The lowest BCUT2D eigenvalue weighted by molar-refractivity contribution is 0.181. The Hall–Kier alpha value is -0.0800. The van der Waals surface area contributed by atoms with Crippen molar-refractivity contribution in [1.82, 2.24) is 4.90 Å². The molecule has 2 saturated heterocycles. The third kappa shape index (κ3) is 3.21. The van der Waals surface area contributed by atoms with Crippen LogP contribution < -0.4 is 0 Å². The van der Waals surface area contributed by atoms with Crippen molar-refractivity contribution in [2.45, 2.75) is 39.5 Å². The highest BCUT2D eigenvalue weighted by molar-refractivity contribution is 4.79. The Kier molecular flexibility index (Phi) is 4.66. The quantitative estimate of drug-likeness (QED) is 0.713. The SMILES string of the molecule is CCN1CCC(C(C)CCC2CCOC2)C1. The minimum absolute atomic E-state index is 0.867. The van der Waals surface area contributed by atoms with Gasteiger partial charge in [0.05, 0.1) is 0 Å². The number of hydrogen-bond donors (Lipinski definition) is 0. The van der Waals surface area contributed by atoms with Crippen LogP contribution in [0.15, 0.2) is 0 Å². The van der Waals surface area contributed by atoms with Gasteiger partial charge in [0.1, 0.15) is 0 Å². The molecule has 0 saturated carbocycles. The van der Waals surface area contributed by atoms with E-state index in [2.05, 4.69) is 18.7 Å². The van der Waals surface area contributed by atoms with E-state index in [4.69, 9.17) is 4.74 Å². The topological polar surface area (TPSA) is 12.5 Å². The van der Waals surface area contributed by atoms with Crippen LogP contribution in [0.3, 0.4) is 0 Å². The van der Waals surface area contributed by atoms with Crippen LogP contribution in [0.25, 0.3) is 0 Å². The highest BCUT2D eigenvalue weighted by atomic mass is 16.5. The molecule has 2 aliphatic rings. The third-order valence-electron chi connectivity index (χ3n) is 4.62. The monoisotopic (exact) mass is 225 g/mol. The van der Waals surface area contributed by atoms with Gasteiger partial charge in [-0.15, -0.1) is 0 Å². The number of rotatable bonds is 5. The van der Waals surface area contributed by atoms with Gasteiger partial charge in [0.15, 0.2) is 0 Å². The van der Waals surface area contributed by atoms with Crippen molar-refractivity contribution in [3.8, 4) is 0 Å². The summed E-state index contributed by atoms with van der Waals surface area (Å²) in [7, 11) is 0. The summed E-state index contributed by atoms with van der Waals surface area (Å²) < 4.78 is 5.44. The van der Waals surface area contributed by atoms with E-state index in [9.17, 15) is 0 Å². The number of nitrogens with zero attached hydrogens (tertiary/aromatic N) is 1. The average molecular weight is 225 g/mol. The van der Waals surface area contributed by atoms with Gasteiger partial charge in [-0.05, 0) is 50.1 Å². The van der Waals surface area contributed by atoms with Crippen LogP contribution in [0.1, 0.15) is 39.5 Å². The first-order chi connectivity index (χ1) is 7.79. The van der Waals surface area contributed by atoms with E-state index < -0.39 is 0 Å². The minimum Gasteiger partial charge on any atom is -0.381 e. The van der Waals surface area contributed by atoms with E-state index in [0.717, 1.165) is 31.0 Å². The van der Waals surface area contributed by atoms with E-state index in [1.54, 1.807) is 0 Å². The molecule has 0 aromatic rings. The average Bonchev–Trinajstić information content (AvgIpc) is 2.96. The highest BCUT2D eigenvalue weighted by Crippen LogP contribution is 2.29. The maximum Gasteiger partial charge on any atom is 0.0495 e. The van der Waals surface area contributed by atoms with Gasteiger partial charge in [0.25, 0.3) is 0 Å². The molecule has 2 fully saturated rings. The summed E-state index contributed by atoms with van der Waals surface area (Å²) in [5.74, 6) is 2.74. The van der Waals surface area contributed by atoms with Crippen molar-refractivity contribution in [1.29, 1.82) is 0 Å². The second-order valence-corrected chi connectivity index (χ2v) is 5.73. The lowest BCUT2D eigenvalue weighted by Gasteiger charge is -2.21. The molecule has 94 valence electrons. The second-order valence-electron chi connectivity index (χ2n) is 5.73. The summed E-state index contributed by atoms with van der Waals surface area (Å²) in [4.78, 5) is 2.60. The van der Waals surface area contributed by atoms with Crippen molar-refractivity contribution < 1.29 is 4.74 Å². The van der Waals surface area contributed by atoms with Gasteiger partial charge >= 0.3 is 0 Å². The smallest absolute Gasteiger partial charge is 0.0495 e. The second kappa shape index (κ2) is 6.02. The van der Waals surface area contributed by atoms with Gasteiger partial charge in [0, 0.05) is 19.8 Å².